The molecule has 0 amide bonds. The smallest absolute Gasteiger partial charge is 0.297 e. The van der Waals surface area contributed by atoms with Crippen LogP contribution in [0.3, 0.4) is 0 Å². The van der Waals surface area contributed by atoms with Crippen molar-refractivity contribution in [3.63, 3.8) is 0 Å². The van der Waals surface area contributed by atoms with Gasteiger partial charge in [-0.2, -0.15) is 0 Å². The molecule has 0 bridgehead atoms. The maximum absolute atomic E-state index is 12.6. The summed E-state index contributed by atoms with van der Waals surface area (Å²) in [5.41, 5.74) is 2.27. The fourth-order valence-corrected chi connectivity index (χ4v) is 2.85. The topological polar surface area (TPSA) is 54.9 Å². The number of H-pyrrole nitrogens is 1. The van der Waals surface area contributed by atoms with E-state index in [0.29, 0.717) is 17.7 Å². The summed E-state index contributed by atoms with van der Waals surface area (Å²) >= 11 is 5.97. The first-order valence-electron chi connectivity index (χ1n) is 7.19. The summed E-state index contributed by atoms with van der Waals surface area (Å²) in [7, 11) is 0. The van der Waals surface area contributed by atoms with Crippen LogP contribution in [0, 0.1) is 0 Å². The molecule has 0 atom stereocenters. The number of aromatic amines is 1. The summed E-state index contributed by atoms with van der Waals surface area (Å²) in [6.45, 7) is 5.86. The average Bonchev–Trinajstić information content (AvgIpc) is 2.47. The third kappa shape index (κ3) is 2.68. The van der Waals surface area contributed by atoms with Crippen molar-refractivity contribution >= 4 is 11.6 Å². The number of hydrogen-bond donors (Lipinski definition) is 1. The van der Waals surface area contributed by atoms with Gasteiger partial charge in [-0.15, -0.1) is 0 Å². The van der Waals surface area contributed by atoms with E-state index in [-0.39, 0.29) is 10.7 Å². The molecule has 112 valence electrons. The molecule has 0 spiro atoms. The molecule has 1 aromatic carbocycles. The van der Waals surface area contributed by atoms with Crippen LogP contribution in [0.1, 0.15) is 37.5 Å². The molecule has 0 radical (unpaired) electrons. The minimum atomic E-state index is -0.488. The van der Waals surface area contributed by atoms with Gasteiger partial charge in [-0.1, -0.05) is 50.6 Å². The Hall–Kier alpha value is -1.81. The summed E-state index contributed by atoms with van der Waals surface area (Å²) in [4.78, 5) is 27.5. The molecule has 0 aliphatic heterocycles. The zero-order valence-electron chi connectivity index (χ0n) is 12.5. The van der Waals surface area contributed by atoms with Gasteiger partial charge in [0.15, 0.2) is 0 Å². The van der Waals surface area contributed by atoms with Gasteiger partial charge in [-0.3, -0.25) is 9.78 Å². The Morgan fingerprint density at radius 1 is 1.05 bits per heavy atom. The number of nitrogens with one attached hydrogen (secondary N) is 1. The molecule has 0 saturated carbocycles. The van der Waals surface area contributed by atoms with Crippen molar-refractivity contribution in [2.45, 2.75) is 40.0 Å². The second kappa shape index (κ2) is 6.31. The van der Waals surface area contributed by atoms with Gasteiger partial charge in [-0.25, -0.2) is 9.36 Å². The number of hydrogen-bond acceptors (Lipinski definition) is 2. The Kier molecular flexibility index (Phi) is 4.68. The average molecular weight is 307 g/mol. The monoisotopic (exact) mass is 306 g/mol. The van der Waals surface area contributed by atoms with Crippen LogP contribution in [-0.4, -0.2) is 9.55 Å². The van der Waals surface area contributed by atoms with E-state index in [2.05, 4.69) is 4.98 Å². The predicted molar refractivity (Wildman–Crippen MR) is 85.8 cm³/mol. The van der Waals surface area contributed by atoms with E-state index in [1.54, 1.807) is 0 Å². The third-order valence-corrected chi connectivity index (χ3v) is 4.01. The van der Waals surface area contributed by atoms with E-state index in [0.717, 1.165) is 24.0 Å². The Labute approximate surface area is 128 Å². The van der Waals surface area contributed by atoms with Crippen LogP contribution < -0.4 is 11.2 Å². The van der Waals surface area contributed by atoms with Crippen molar-refractivity contribution in [3.05, 3.63) is 60.9 Å². The third-order valence-electron chi connectivity index (χ3n) is 3.69. The molecule has 4 nitrogen and oxygen atoms in total. The van der Waals surface area contributed by atoms with Crippen LogP contribution in [0.2, 0.25) is 5.15 Å². The maximum Gasteiger partial charge on any atom is 0.334 e. The van der Waals surface area contributed by atoms with Crippen LogP contribution in [0.15, 0.2) is 27.8 Å². The predicted octanol–water partition coefficient (Wildman–Crippen LogP) is 2.87. The molecule has 1 heterocycles. The minimum absolute atomic E-state index is 0.135. The van der Waals surface area contributed by atoms with E-state index < -0.39 is 5.69 Å². The quantitative estimate of drug-likeness (QED) is 0.883. The first-order chi connectivity index (χ1) is 10.0. The zero-order valence-corrected chi connectivity index (χ0v) is 13.3. The number of nitrogens with zero attached hydrogens (tertiary/aromatic N) is 1. The fourth-order valence-electron chi connectivity index (χ4n) is 2.56. The van der Waals surface area contributed by atoms with Gasteiger partial charge in [0, 0.05) is 0 Å². The lowest BCUT2D eigenvalue weighted by Crippen LogP contribution is -2.37. The fraction of sp³-hybridized carbons (Fsp3) is 0.375. The van der Waals surface area contributed by atoms with Crippen molar-refractivity contribution in [1.29, 1.82) is 0 Å². The molecular weight excluding hydrogens is 288 g/mol. The van der Waals surface area contributed by atoms with Crippen molar-refractivity contribution < 1.29 is 0 Å². The molecular formula is C16H19ClN2O2. The largest absolute Gasteiger partial charge is 0.334 e. The van der Waals surface area contributed by atoms with Gasteiger partial charge in [0.05, 0.1) is 11.3 Å². The SMILES string of the molecule is CCc1cccc(CC)c1-n1c(=O)[nH]c(Cl)c(CC)c1=O. The minimum Gasteiger partial charge on any atom is -0.297 e. The van der Waals surface area contributed by atoms with Crippen LogP contribution >= 0.6 is 11.6 Å². The van der Waals surface area contributed by atoms with Crippen molar-refractivity contribution in [2.75, 3.05) is 0 Å². The maximum atomic E-state index is 12.6. The van der Waals surface area contributed by atoms with Crippen LogP contribution in [-0.2, 0) is 19.3 Å². The van der Waals surface area contributed by atoms with Gasteiger partial charge >= 0.3 is 5.69 Å². The van der Waals surface area contributed by atoms with E-state index in [9.17, 15) is 9.59 Å². The number of rotatable bonds is 4. The van der Waals surface area contributed by atoms with Crippen LogP contribution in [0.5, 0.6) is 0 Å². The lowest BCUT2D eigenvalue weighted by Gasteiger charge is -2.15. The molecule has 21 heavy (non-hydrogen) atoms. The highest BCUT2D eigenvalue weighted by Crippen LogP contribution is 2.19. The first kappa shape index (κ1) is 15.6. The van der Waals surface area contributed by atoms with Crippen LogP contribution in [0.25, 0.3) is 5.69 Å². The molecule has 5 heteroatoms. The Morgan fingerprint density at radius 2 is 1.62 bits per heavy atom. The van der Waals surface area contributed by atoms with Crippen molar-refractivity contribution in [1.82, 2.24) is 9.55 Å². The summed E-state index contributed by atoms with van der Waals surface area (Å²) < 4.78 is 1.22. The number of para-hydroxylation sites is 1. The van der Waals surface area contributed by atoms with E-state index in [1.165, 1.54) is 4.57 Å². The molecule has 0 unspecified atom stereocenters. The highest BCUT2D eigenvalue weighted by atomic mass is 35.5. The molecule has 0 aliphatic carbocycles. The van der Waals surface area contributed by atoms with E-state index in [4.69, 9.17) is 11.6 Å². The molecule has 1 aromatic heterocycles. The molecule has 2 aromatic rings. The standard InChI is InChI=1S/C16H19ClN2O2/c1-4-10-8-7-9-11(5-2)13(10)19-15(20)12(6-3)14(17)18-16(19)21/h7-9H,4-6H2,1-3H3,(H,18,21). The first-order valence-corrected chi connectivity index (χ1v) is 7.57. The molecule has 1 N–H and O–H groups in total. The Balaban J connectivity index is 2.92. The number of halogens is 1. The van der Waals surface area contributed by atoms with Gasteiger partial charge in [-0.05, 0) is 30.4 Å². The normalized spacial score (nSPS) is 10.9. The highest BCUT2D eigenvalue weighted by Gasteiger charge is 2.17. The summed E-state index contributed by atoms with van der Waals surface area (Å²) in [6.07, 6.45) is 1.97. The van der Waals surface area contributed by atoms with Gasteiger partial charge in [0.2, 0.25) is 0 Å². The molecule has 0 fully saturated rings. The van der Waals surface area contributed by atoms with Gasteiger partial charge < -0.3 is 0 Å². The number of aromatic nitrogens is 2. The Morgan fingerprint density at radius 3 is 2.10 bits per heavy atom. The molecule has 2 rings (SSSR count). The molecule has 0 aliphatic rings. The van der Waals surface area contributed by atoms with Gasteiger partial charge in [0.25, 0.3) is 5.56 Å². The second-order valence-corrected chi connectivity index (χ2v) is 5.23. The number of aryl methyl sites for hydroxylation is 2. The lowest BCUT2D eigenvalue weighted by molar-refractivity contribution is 0.819. The van der Waals surface area contributed by atoms with Gasteiger partial charge in [0.1, 0.15) is 5.15 Å². The van der Waals surface area contributed by atoms with Crippen LogP contribution in [0.4, 0.5) is 0 Å². The van der Waals surface area contributed by atoms with Crippen molar-refractivity contribution in [3.8, 4) is 5.69 Å². The lowest BCUT2D eigenvalue weighted by atomic mass is 10.0. The Bertz CT molecular complexity index is 753. The second-order valence-electron chi connectivity index (χ2n) is 4.85. The van der Waals surface area contributed by atoms with E-state index >= 15 is 0 Å². The molecule has 0 saturated heterocycles. The summed E-state index contributed by atoms with van der Waals surface area (Å²) in [5.74, 6) is 0. The zero-order chi connectivity index (χ0) is 15.6. The van der Waals surface area contributed by atoms with E-state index in [1.807, 2.05) is 39.0 Å². The summed E-state index contributed by atoms with van der Waals surface area (Å²) in [6, 6.07) is 5.85. The summed E-state index contributed by atoms with van der Waals surface area (Å²) in [5, 5.41) is 0.135. The van der Waals surface area contributed by atoms with Crippen molar-refractivity contribution in [2.24, 2.45) is 0 Å². The number of benzene rings is 1. The highest BCUT2D eigenvalue weighted by molar-refractivity contribution is 6.30.